The minimum atomic E-state index is -0.326. The molecule has 0 aliphatic rings. The van der Waals surface area contributed by atoms with Gasteiger partial charge in [-0.15, -0.1) is 5.10 Å². The van der Waals surface area contributed by atoms with Crippen LogP contribution < -0.4 is 5.32 Å². The van der Waals surface area contributed by atoms with Gasteiger partial charge in [0.25, 0.3) is 5.91 Å². The Morgan fingerprint density at radius 3 is 2.40 bits per heavy atom. The Hall–Kier alpha value is -3.02. The topological polar surface area (TPSA) is 59.8 Å². The van der Waals surface area contributed by atoms with Crippen LogP contribution in [0.1, 0.15) is 40.1 Å². The molecule has 25 heavy (non-hydrogen) atoms. The molecule has 1 N–H and O–H groups in total. The first-order valence-electron chi connectivity index (χ1n) is 8.00. The van der Waals surface area contributed by atoms with Gasteiger partial charge in [-0.05, 0) is 61.7 Å². The summed E-state index contributed by atoms with van der Waals surface area (Å²) in [5.74, 6) is -0.633. The molecule has 0 aliphatic heterocycles. The third-order valence-electron chi connectivity index (χ3n) is 3.91. The van der Waals surface area contributed by atoms with E-state index < -0.39 is 0 Å². The van der Waals surface area contributed by atoms with Gasteiger partial charge in [-0.3, -0.25) is 4.79 Å². The number of aryl methyl sites for hydroxylation is 2. The van der Waals surface area contributed by atoms with Crippen molar-refractivity contribution in [3.63, 3.8) is 0 Å². The number of carbonyl (C=O) groups is 1. The largest absolute Gasteiger partial charge is 0.344 e. The van der Waals surface area contributed by atoms with E-state index in [1.54, 1.807) is 23.0 Å². The van der Waals surface area contributed by atoms with Gasteiger partial charge in [0.15, 0.2) is 5.69 Å². The van der Waals surface area contributed by atoms with Gasteiger partial charge in [-0.1, -0.05) is 23.4 Å². The number of hydrogen-bond donors (Lipinski definition) is 1. The number of aromatic nitrogens is 3. The first kappa shape index (κ1) is 16.8. The van der Waals surface area contributed by atoms with E-state index in [4.69, 9.17) is 0 Å². The SMILES string of the molecule is Cc1cc(C)cc(-n2cc(C(=O)NC(C)c3ccc(F)cc3)nn2)c1. The average molecular weight is 338 g/mol. The van der Waals surface area contributed by atoms with Gasteiger partial charge in [-0.25, -0.2) is 9.07 Å². The van der Waals surface area contributed by atoms with Gasteiger partial charge >= 0.3 is 0 Å². The van der Waals surface area contributed by atoms with E-state index in [2.05, 4.69) is 21.7 Å². The third kappa shape index (κ3) is 3.91. The number of benzene rings is 2. The second-order valence-electron chi connectivity index (χ2n) is 6.14. The van der Waals surface area contributed by atoms with Crippen LogP contribution in [0.3, 0.4) is 0 Å². The molecule has 0 saturated heterocycles. The Morgan fingerprint density at radius 2 is 1.76 bits per heavy atom. The monoisotopic (exact) mass is 338 g/mol. The maximum Gasteiger partial charge on any atom is 0.273 e. The van der Waals surface area contributed by atoms with Crippen LogP contribution in [-0.2, 0) is 0 Å². The van der Waals surface area contributed by atoms with Crippen LogP contribution in [0.2, 0.25) is 0 Å². The summed E-state index contributed by atoms with van der Waals surface area (Å²) in [5, 5.41) is 10.8. The highest BCUT2D eigenvalue weighted by Gasteiger charge is 2.15. The third-order valence-corrected chi connectivity index (χ3v) is 3.91. The van der Waals surface area contributed by atoms with E-state index in [-0.39, 0.29) is 23.5 Å². The smallest absolute Gasteiger partial charge is 0.273 e. The molecule has 0 bridgehead atoms. The van der Waals surface area contributed by atoms with Crippen LogP contribution in [0.15, 0.2) is 48.7 Å². The highest BCUT2D eigenvalue weighted by molar-refractivity contribution is 5.92. The number of amides is 1. The number of nitrogens with one attached hydrogen (secondary N) is 1. The number of halogens is 1. The van der Waals surface area contributed by atoms with Crippen molar-refractivity contribution in [1.29, 1.82) is 0 Å². The Bertz CT molecular complexity index is 882. The quantitative estimate of drug-likeness (QED) is 0.792. The van der Waals surface area contributed by atoms with E-state index in [9.17, 15) is 9.18 Å². The number of carbonyl (C=O) groups excluding carboxylic acids is 1. The van der Waals surface area contributed by atoms with Gasteiger partial charge in [0.2, 0.25) is 0 Å². The van der Waals surface area contributed by atoms with E-state index in [1.807, 2.05) is 32.9 Å². The molecule has 6 heteroatoms. The van der Waals surface area contributed by atoms with Crippen molar-refractivity contribution in [2.75, 3.05) is 0 Å². The average Bonchev–Trinajstić information content (AvgIpc) is 3.04. The molecule has 1 aromatic heterocycles. The van der Waals surface area contributed by atoms with Crippen molar-refractivity contribution in [2.24, 2.45) is 0 Å². The molecule has 0 saturated carbocycles. The van der Waals surface area contributed by atoms with Crippen LogP contribution in [0.25, 0.3) is 5.69 Å². The second-order valence-corrected chi connectivity index (χ2v) is 6.14. The zero-order chi connectivity index (χ0) is 18.0. The molecule has 0 radical (unpaired) electrons. The Balaban J connectivity index is 1.75. The number of rotatable bonds is 4. The van der Waals surface area contributed by atoms with Crippen LogP contribution in [-0.4, -0.2) is 20.9 Å². The number of hydrogen-bond acceptors (Lipinski definition) is 3. The van der Waals surface area contributed by atoms with E-state index in [0.29, 0.717) is 0 Å². The molecular formula is C19H19FN4O. The summed E-state index contributed by atoms with van der Waals surface area (Å²) in [6, 6.07) is 11.8. The molecule has 3 rings (SSSR count). The first-order chi connectivity index (χ1) is 11.9. The highest BCUT2D eigenvalue weighted by Crippen LogP contribution is 2.15. The maximum absolute atomic E-state index is 13.0. The van der Waals surface area contributed by atoms with Crippen molar-refractivity contribution in [3.8, 4) is 5.69 Å². The molecule has 3 aromatic rings. The van der Waals surface area contributed by atoms with Crippen molar-refractivity contribution in [1.82, 2.24) is 20.3 Å². The minimum absolute atomic E-state index is 0.230. The van der Waals surface area contributed by atoms with Crippen molar-refractivity contribution >= 4 is 5.91 Å². The maximum atomic E-state index is 13.0. The highest BCUT2D eigenvalue weighted by atomic mass is 19.1. The molecule has 5 nitrogen and oxygen atoms in total. The second kappa shape index (κ2) is 6.84. The van der Waals surface area contributed by atoms with Crippen molar-refractivity contribution in [3.05, 3.63) is 76.9 Å². The fourth-order valence-corrected chi connectivity index (χ4v) is 2.68. The Kier molecular flexibility index (Phi) is 4.61. The lowest BCUT2D eigenvalue weighted by molar-refractivity contribution is 0.0934. The van der Waals surface area contributed by atoms with E-state index >= 15 is 0 Å². The Morgan fingerprint density at radius 1 is 1.12 bits per heavy atom. The van der Waals surface area contributed by atoms with Gasteiger partial charge in [-0.2, -0.15) is 0 Å². The van der Waals surface area contributed by atoms with Crippen LogP contribution in [0, 0.1) is 19.7 Å². The molecule has 128 valence electrons. The minimum Gasteiger partial charge on any atom is -0.344 e. The molecule has 1 amide bonds. The molecule has 2 aromatic carbocycles. The predicted octanol–water partition coefficient (Wildman–Crippen LogP) is 3.51. The summed E-state index contributed by atoms with van der Waals surface area (Å²) < 4.78 is 14.6. The molecule has 1 atom stereocenters. The molecule has 0 spiro atoms. The van der Waals surface area contributed by atoms with Crippen LogP contribution in [0.4, 0.5) is 4.39 Å². The van der Waals surface area contributed by atoms with Gasteiger partial charge in [0, 0.05) is 0 Å². The van der Waals surface area contributed by atoms with E-state index in [1.165, 1.54) is 12.1 Å². The lowest BCUT2D eigenvalue weighted by Crippen LogP contribution is -2.27. The zero-order valence-electron chi connectivity index (χ0n) is 14.3. The van der Waals surface area contributed by atoms with Crippen molar-refractivity contribution in [2.45, 2.75) is 26.8 Å². The van der Waals surface area contributed by atoms with Crippen LogP contribution >= 0.6 is 0 Å². The lowest BCUT2D eigenvalue weighted by atomic mass is 10.1. The fraction of sp³-hybridized carbons (Fsp3) is 0.211. The summed E-state index contributed by atoms with van der Waals surface area (Å²) in [5.41, 5.74) is 4.13. The Labute approximate surface area is 145 Å². The lowest BCUT2D eigenvalue weighted by Gasteiger charge is -2.13. The molecular weight excluding hydrogens is 319 g/mol. The standard InChI is InChI=1S/C19H19FN4O/c1-12-8-13(2)10-17(9-12)24-11-18(22-23-24)19(25)21-14(3)15-4-6-16(20)7-5-15/h4-11,14H,1-3H3,(H,21,25). The molecule has 0 fully saturated rings. The first-order valence-corrected chi connectivity index (χ1v) is 8.00. The summed E-state index contributed by atoms with van der Waals surface area (Å²) in [7, 11) is 0. The normalized spacial score (nSPS) is 12.0. The summed E-state index contributed by atoms with van der Waals surface area (Å²) >= 11 is 0. The van der Waals surface area contributed by atoms with Crippen molar-refractivity contribution < 1.29 is 9.18 Å². The zero-order valence-corrected chi connectivity index (χ0v) is 14.3. The molecule has 1 unspecified atom stereocenters. The van der Waals surface area contributed by atoms with Gasteiger partial charge < -0.3 is 5.32 Å². The fourth-order valence-electron chi connectivity index (χ4n) is 2.68. The summed E-state index contributed by atoms with van der Waals surface area (Å²) in [6.45, 7) is 5.84. The molecule has 0 aliphatic carbocycles. The summed E-state index contributed by atoms with van der Waals surface area (Å²) in [4.78, 5) is 12.4. The molecule has 1 heterocycles. The van der Waals surface area contributed by atoms with Crippen LogP contribution in [0.5, 0.6) is 0 Å². The van der Waals surface area contributed by atoms with Gasteiger partial charge in [0.05, 0.1) is 17.9 Å². The predicted molar refractivity (Wildman–Crippen MR) is 93.1 cm³/mol. The summed E-state index contributed by atoms with van der Waals surface area (Å²) in [6.07, 6.45) is 1.60. The van der Waals surface area contributed by atoms with Gasteiger partial charge in [0.1, 0.15) is 5.82 Å². The number of nitrogens with zero attached hydrogens (tertiary/aromatic N) is 3. The van der Waals surface area contributed by atoms with E-state index in [0.717, 1.165) is 22.4 Å².